The summed E-state index contributed by atoms with van der Waals surface area (Å²) in [5.41, 5.74) is 2.12. The predicted molar refractivity (Wildman–Crippen MR) is 78.0 cm³/mol. The molecule has 1 aromatic heterocycles. The van der Waals surface area contributed by atoms with Crippen LogP contribution >= 0.6 is 11.6 Å². The minimum atomic E-state index is -0.772. The van der Waals surface area contributed by atoms with Gasteiger partial charge in [0, 0.05) is 28.2 Å². The van der Waals surface area contributed by atoms with E-state index in [-0.39, 0.29) is 18.4 Å². The van der Waals surface area contributed by atoms with Gasteiger partial charge in [-0.15, -0.1) is 0 Å². The van der Waals surface area contributed by atoms with Crippen LogP contribution in [-0.2, 0) is 4.79 Å². The lowest BCUT2D eigenvalue weighted by atomic mass is 10.0. The highest BCUT2D eigenvalue weighted by Crippen LogP contribution is 2.31. The van der Waals surface area contributed by atoms with Gasteiger partial charge in [-0.1, -0.05) is 24.6 Å². The molecule has 1 unspecified atom stereocenters. The normalized spacial score (nSPS) is 13.1. The zero-order valence-corrected chi connectivity index (χ0v) is 12.1. The van der Waals surface area contributed by atoms with E-state index in [0.717, 1.165) is 16.6 Å². The minimum Gasteiger partial charge on any atom is -0.481 e. The van der Waals surface area contributed by atoms with Crippen molar-refractivity contribution in [3.05, 3.63) is 35.0 Å². The number of hydrogen-bond acceptors (Lipinski definition) is 1. The van der Waals surface area contributed by atoms with Crippen molar-refractivity contribution >= 4 is 28.5 Å². The fraction of sp³-hybridized carbons (Fsp3) is 0.400. The average Bonchev–Trinajstić information content (AvgIpc) is 2.66. The number of nitrogens with zero attached hydrogens (tertiary/aromatic N) is 1. The van der Waals surface area contributed by atoms with Crippen LogP contribution in [0.25, 0.3) is 10.9 Å². The Kier molecular flexibility index (Phi) is 3.85. The van der Waals surface area contributed by atoms with Crippen LogP contribution in [0, 0.1) is 0 Å². The third kappa shape index (κ3) is 2.76. The monoisotopic (exact) mass is 279 g/mol. The Labute approximate surface area is 117 Å². The highest BCUT2D eigenvalue weighted by molar-refractivity contribution is 6.31. The molecule has 0 fully saturated rings. The molecular formula is C15H18ClNO2. The molecule has 0 saturated heterocycles. The van der Waals surface area contributed by atoms with Crippen LogP contribution in [0.5, 0.6) is 0 Å². The van der Waals surface area contributed by atoms with Crippen molar-refractivity contribution in [3.8, 4) is 0 Å². The molecule has 0 aliphatic rings. The molecule has 1 N–H and O–H groups in total. The van der Waals surface area contributed by atoms with E-state index in [1.807, 2.05) is 25.1 Å². The first-order chi connectivity index (χ1) is 8.90. The topological polar surface area (TPSA) is 42.2 Å². The number of hydrogen-bond donors (Lipinski definition) is 1. The number of aromatic nitrogens is 1. The summed E-state index contributed by atoms with van der Waals surface area (Å²) in [6, 6.07) is 8.11. The number of rotatable bonds is 4. The Balaban J connectivity index is 2.59. The van der Waals surface area contributed by atoms with Crippen LogP contribution < -0.4 is 0 Å². The van der Waals surface area contributed by atoms with E-state index in [0.29, 0.717) is 5.02 Å². The van der Waals surface area contributed by atoms with E-state index < -0.39 is 5.97 Å². The summed E-state index contributed by atoms with van der Waals surface area (Å²) in [5, 5.41) is 10.8. The molecule has 102 valence electrons. The molecule has 0 saturated carbocycles. The zero-order valence-electron chi connectivity index (χ0n) is 11.4. The van der Waals surface area contributed by atoms with Crippen LogP contribution in [0.15, 0.2) is 24.3 Å². The largest absolute Gasteiger partial charge is 0.481 e. The van der Waals surface area contributed by atoms with Gasteiger partial charge >= 0.3 is 5.97 Å². The van der Waals surface area contributed by atoms with Gasteiger partial charge in [0.2, 0.25) is 0 Å². The Morgan fingerprint density at radius 3 is 2.58 bits per heavy atom. The van der Waals surface area contributed by atoms with Crippen molar-refractivity contribution in [1.29, 1.82) is 0 Å². The third-order valence-electron chi connectivity index (χ3n) is 3.34. The van der Waals surface area contributed by atoms with E-state index in [1.54, 1.807) is 0 Å². The van der Waals surface area contributed by atoms with E-state index in [4.69, 9.17) is 16.7 Å². The fourth-order valence-corrected chi connectivity index (χ4v) is 2.70. The van der Waals surface area contributed by atoms with Crippen molar-refractivity contribution < 1.29 is 9.90 Å². The lowest BCUT2D eigenvalue weighted by molar-refractivity contribution is -0.137. The quantitative estimate of drug-likeness (QED) is 0.898. The number of halogens is 1. The smallest absolute Gasteiger partial charge is 0.304 e. The van der Waals surface area contributed by atoms with Crippen LogP contribution in [-0.4, -0.2) is 15.6 Å². The Hall–Kier alpha value is -1.48. The number of carboxylic acids is 1. The standard InChI is InChI=1S/C15H18ClNO2/c1-9(2)17-13(10(3)6-15(18)19)7-11-4-5-12(16)8-14(11)17/h4-5,7-10H,6H2,1-3H3,(H,18,19). The second kappa shape index (κ2) is 5.25. The molecule has 0 bridgehead atoms. The Morgan fingerprint density at radius 1 is 1.32 bits per heavy atom. The lowest BCUT2D eigenvalue weighted by Gasteiger charge is -2.18. The Bertz CT molecular complexity index is 616. The molecule has 1 atom stereocenters. The van der Waals surface area contributed by atoms with Crippen molar-refractivity contribution in [1.82, 2.24) is 4.57 Å². The first-order valence-corrected chi connectivity index (χ1v) is 6.80. The summed E-state index contributed by atoms with van der Waals surface area (Å²) >= 11 is 6.06. The van der Waals surface area contributed by atoms with Gasteiger partial charge in [-0.05, 0) is 37.4 Å². The molecule has 1 aromatic carbocycles. The highest BCUT2D eigenvalue weighted by Gasteiger charge is 2.18. The molecule has 0 aliphatic heterocycles. The first-order valence-electron chi connectivity index (χ1n) is 6.42. The number of carboxylic acid groups (broad SMARTS) is 1. The van der Waals surface area contributed by atoms with Gasteiger partial charge in [0.15, 0.2) is 0 Å². The molecule has 0 aliphatic carbocycles. The van der Waals surface area contributed by atoms with Gasteiger partial charge < -0.3 is 9.67 Å². The van der Waals surface area contributed by atoms with Gasteiger partial charge in [-0.2, -0.15) is 0 Å². The summed E-state index contributed by atoms with van der Waals surface area (Å²) in [5.74, 6) is -0.794. The molecule has 19 heavy (non-hydrogen) atoms. The average molecular weight is 280 g/mol. The third-order valence-corrected chi connectivity index (χ3v) is 3.57. The second-order valence-electron chi connectivity index (χ2n) is 5.24. The van der Waals surface area contributed by atoms with E-state index in [1.165, 1.54) is 0 Å². The maximum atomic E-state index is 10.9. The van der Waals surface area contributed by atoms with Crippen molar-refractivity contribution in [2.45, 2.75) is 39.2 Å². The number of aliphatic carboxylic acids is 1. The molecule has 4 heteroatoms. The maximum absolute atomic E-state index is 10.9. The molecule has 2 rings (SSSR count). The minimum absolute atomic E-state index is 0.0222. The van der Waals surface area contributed by atoms with Crippen LogP contribution in [0.4, 0.5) is 0 Å². The number of fused-ring (bicyclic) bond motifs is 1. The van der Waals surface area contributed by atoms with E-state index >= 15 is 0 Å². The van der Waals surface area contributed by atoms with Gasteiger partial charge in [0.1, 0.15) is 0 Å². The van der Waals surface area contributed by atoms with E-state index in [2.05, 4.69) is 24.5 Å². The molecule has 0 amide bonds. The van der Waals surface area contributed by atoms with Crippen molar-refractivity contribution in [3.63, 3.8) is 0 Å². The molecule has 3 nitrogen and oxygen atoms in total. The summed E-state index contributed by atoms with van der Waals surface area (Å²) in [7, 11) is 0. The first kappa shape index (κ1) is 13.9. The maximum Gasteiger partial charge on any atom is 0.304 e. The van der Waals surface area contributed by atoms with Gasteiger partial charge in [-0.25, -0.2) is 0 Å². The number of benzene rings is 1. The van der Waals surface area contributed by atoms with Crippen LogP contribution in [0.1, 0.15) is 44.8 Å². The zero-order chi connectivity index (χ0) is 14.2. The molecule has 2 aromatic rings. The van der Waals surface area contributed by atoms with Crippen molar-refractivity contribution in [2.24, 2.45) is 0 Å². The van der Waals surface area contributed by atoms with Gasteiger partial charge in [0.05, 0.1) is 6.42 Å². The van der Waals surface area contributed by atoms with E-state index in [9.17, 15) is 4.79 Å². The summed E-state index contributed by atoms with van der Waals surface area (Å²) in [6.45, 7) is 6.14. The lowest BCUT2D eigenvalue weighted by Crippen LogP contribution is -2.11. The summed E-state index contributed by atoms with van der Waals surface area (Å²) in [6.07, 6.45) is 0.136. The van der Waals surface area contributed by atoms with Crippen LogP contribution in [0.2, 0.25) is 5.02 Å². The highest BCUT2D eigenvalue weighted by atomic mass is 35.5. The SMILES string of the molecule is CC(CC(=O)O)c1cc2ccc(Cl)cc2n1C(C)C. The molecule has 0 spiro atoms. The van der Waals surface area contributed by atoms with Gasteiger partial charge in [0.25, 0.3) is 0 Å². The predicted octanol–water partition coefficient (Wildman–Crippen LogP) is 4.45. The Morgan fingerprint density at radius 2 is 2.00 bits per heavy atom. The van der Waals surface area contributed by atoms with Crippen molar-refractivity contribution in [2.75, 3.05) is 0 Å². The summed E-state index contributed by atoms with van der Waals surface area (Å²) < 4.78 is 2.18. The second-order valence-corrected chi connectivity index (χ2v) is 5.67. The molecule has 1 heterocycles. The van der Waals surface area contributed by atoms with Crippen LogP contribution in [0.3, 0.4) is 0 Å². The molecular weight excluding hydrogens is 262 g/mol. The number of carbonyl (C=O) groups is 1. The van der Waals surface area contributed by atoms with Gasteiger partial charge in [-0.3, -0.25) is 4.79 Å². The summed E-state index contributed by atoms with van der Waals surface area (Å²) in [4.78, 5) is 10.9. The molecule has 0 radical (unpaired) electrons. The fourth-order valence-electron chi connectivity index (χ4n) is 2.54.